The second-order valence-electron chi connectivity index (χ2n) is 7.70. The van der Waals surface area contributed by atoms with Crippen molar-refractivity contribution in [1.29, 1.82) is 0 Å². The van der Waals surface area contributed by atoms with Crippen molar-refractivity contribution in [3.63, 3.8) is 0 Å². The predicted octanol–water partition coefficient (Wildman–Crippen LogP) is 1.91. The number of rotatable bonds is 2. The molecule has 8 nitrogen and oxygen atoms in total. The van der Waals surface area contributed by atoms with Crippen LogP contribution in [0.3, 0.4) is 0 Å². The average molecular weight is 374 g/mol. The molecule has 1 aromatic rings. The van der Waals surface area contributed by atoms with Gasteiger partial charge in [0.15, 0.2) is 0 Å². The minimum absolute atomic E-state index is 0.0684. The third-order valence-corrected chi connectivity index (χ3v) is 6.41. The van der Waals surface area contributed by atoms with E-state index in [0.29, 0.717) is 25.0 Å². The van der Waals surface area contributed by atoms with Gasteiger partial charge < -0.3 is 20.1 Å². The molecule has 4 rings (SSSR count). The van der Waals surface area contributed by atoms with E-state index in [-0.39, 0.29) is 5.91 Å². The highest BCUT2D eigenvalue weighted by Gasteiger charge is 2.49. The number of pyridine rings is 1. The number of nitrogens with one attached hydrogen (secondary N) is 1. The zero-order valence-corrected chi connectivity index (χ0v) is 15.6. The van der Waals surface area contributed by atoms with Crippen LogP contribution in [0.25, 0.3) is 0 Å². The number of amides is 2. The maximum atomic E-state index is 12.8. The Morgan fingerprint density at radius 2 is 2.07 bits per heavy atom. The molecule has 2 amide bonds. The maximum Gasteiger partial charge on any atom is 0.407 e. The van der Waals surface area contributed by atoms with Gasteiger partial charge in [0.25, 0.3) is 0 Å². The van der Waals surface area contributed by atoms with Gasteiger partial charge in [0.1, 0.15) is 0 Å². The molecule has 0 bridgehead atoms. The number of nitrogens with zero attached hydrogens (tertiary/aromatic N) is 3. The summed E-state index contributed by atoms with van der Waals surface area (Å²) in [5.41, 5.74) is 1.32. The van der Waals surface area contributed by atoms with Crippen LogP contribution in [0, 0.1) is 0 Å². The lowest BCUT2D eigenvalue weighted by Crippen LogP contribution is -2.46. The second kappa shape index (κ2) is 6.99. The smallest absolute Gasteiger partial charge is 0.407 e. The van der Waals surface area contributed by atoms with Crippen molar-refractivity contribution >= 4 is 17.7 Å². The summed E-state index contributed by atoms with van der Waals surface area (Å²) in [6.07, 6.45) is 5.17. The molecule has 1 spiro atoms. The fourth-order valence-corrected chi connectivity index (χ4v) is 4.86. The van der Waals surface area contributed by atoms with Crippen LogP contribution in [0.15, 0.2) is 12.3 Å². The van der Waals surface area contributed by atoms with Crippen molar-refractivity contribution < 1.29 is 19.4 Å². The van der Waals surface area contributed by atoms with Crippen LogP contribution in [0.4, 0.5) is 10.5 Å². The maximum absolute atomic E-state index is 12.8. The van der Waals surface area contributed by atoms with Gasteiger partial charge in [0.2, 0.25) is 11.8 Å². The zero-order valence-electron chi connectivity index (χ0n) is 15.6. The van der Waals surface area contributed by atoms with E-state index in [1.807, 2.05) is 6.07 Å². The summed E-state index contributed by atoms with van der Waals surface area (Å²) in [6, 6.07) is 2.30. The third kappa shape index (κ3) is 3.12. The topological polar surface area (TPSA) is 95.0 Å². The van der Waals surface area contributed by atoms with E-state index in [4.69, 9.17) is 4.74 Å². The molecule has 8 heteroatoms. The third-order valence-electron chi connectivity index (χ3n) is 6.41. The molecule has 3 aliphatic rings. The van der Waals surface area contributed by atoms with Crippen LogP contribution in [-0.2, 0) is 10.2 Å². The number of methoxy groups -OCH3 is 1. The van der Waals surface area contributed by atoms with E-state index in [2.05, 4.69) is 15.2 Å². The number of aromatic nitrogens is 1. The summed E-state index contributed by atoms with van der Waals surface area (Å²) in [5, 5.41) is 12.2. The summed E-state index contributed by atoms with van der Waals surface area (Å²) in [4.78, 5) is 32.1. The Hall–Kier alpha value is -2.35. The van der Waals surface area contributed by atoms with Gasteiger partial charge in [0, 0.05) is 38.3 Å². The standard InChI is InChI=1S/C19H26N4O4/c1-27-16-11-14-15(12-20-16)21-17(24)19(14)5-3-13(4-6-19)22-7-2-8-23(10-9-22)18(25)26/h11-13H,2-10H2,1H3,(H,21,24)(H,25,26). The first kappa shape index (κ1) is 18.0. The largest absolute Gasteiger partial charge is 0.481 e. The van der Waals surface area contributed by atoms with E-state index in [9.17, 15) is 14.7 Å². The quantitative estimate of drug-likeness (QED) is 0.821. The number of ether oxygens (including phenoxy) is 1. The average Bonchev–Trinajstić information content (AvgIpc) is 2.84. The molecule has 0 radical (unpaired) electrons. The summed E-state index contributed by atoms with van der Waals surface area (Å²) < 4.78 is 5.26. The van der Waals surface area contributed by atoms with Gasteiger partial charge in [-0.15, -0.1) is 0 Å². The molecule has 0 unspecified atom stereocenters. The SMILES string of the molecule is COc1cc2c(cn1)NC(=O)C21CCC(N2CCCN(C(=O)O)CC2)CC1. The lowest BCUT2D eigenvalue weighted by Gasteiger charge is -2.40. The Morgan fingerprint density at radius 1 is 1.30 bits per heavy atom. The molecule has 0 aromatic carbocycles. The molecule has 2 N–H and O–H groups in total. The Labute approximate surface area is 158 Å². The minimum Gasteiger partial charge on any atom is -0.481 e. The van der Waals surface area contributed by atoms with Gasteiger partial charge >= 0.3 is 6.09 Å². The summed E-state index contributed by atoms with van der Waals surface area (Å²) in [7, 11) is 1.59. The number of hydrogen-bond donors (Lipinski definition) is 2. The molecule has 2 fully saturated rings. The molecular weight excluding hydrogens is 348 g/mol. The lowest BCUT2D eigenvalue weighted by atomic mass is 9.69. The highest BCUT2D eigenvalue weighted by molar-refractivity contribution is 6.06. The fraction of sp³-hybridized carbons (Fsp3) is 0.632. The second-order valence-corrected chi connectivity index (χ2v) is 7.70. The highest BCUT2D eigenvalue weighted by Crippen LogP contribution is 2.48. The first-order valence-corrected chi connectivity index (χ1v) is 9.61. The van der Waals surface area contributed by atoms with Gasteiger partial charge in [-0.3, -0.25) is 9.69 Å². The number of carboxylic acid groups (broad SMARTS) is 1. The molecular formula is C19H26N4O4. The molecule has 146 valence electrons. The summed E-state index contributed by atoms with van der Waals surface area (Å²) in [6.45, 7) is 2.85. The van der Waals surface area contributed by atoms with Gasteiger partial charge in [-0.1, -0.05) is 0 Å². The molecule has 1 aromatic heterocycles. The highest BCUT2D eigenvalue weighted by atomic mass is 16.5. The molecule has 1 aliphatic carbocycles. The summed E-state index contributed by atoms with van der Waals surface area (Å²) in [5.74, 6) is 0.604. The first-order valence-electron chi connectivity index (χ1n) is 9.61. The van der Waals surface area contributed by atoms with E-state index in [1.165, 1.54) is 4.90 Å². The number of fused-ring (bicyclic) bond motifs is 2. The normalized spacial score (nSPS) is 28.6. The number of anilines is 1. The summed E-state index contributed by atoms with van der Waals surface area (Å²) >= 11 is 0. The van der Waals surface area contributed by atoms with Crippen molar-refractivity contribution in [2.75, 3.05) is 38.6 Å². The fourth-order valence-electron chi connectivity index (χ4n) is 4.86. The Morgan fingerprint density at radius 3 is 2.78 bits per heavy atom. The zero-order chi connectivity index (χ0) is 19.0. The molecule has 3 heterocycles. The van der Waals surface area contributed by atoms with Crippen LogP contribution in [0.5, 0.6) is 5.88 Å². The monoisotopic (exact) mass is 374 g/mol. The predicted molar refractivity (Wildman–Crippen MR) is 99.1 cm³/mol. The Balaban J connectivity index is 1.46. The van der Waals surface area contributed by atoms with Gasteiger partial charge in [-0.05, 0) is 37.7 Å². The molecule has 1 saturated carbocycles. The van der Waals surface area contributed by atoms with Gasteiger partial charge in [-0.25, -0.2) is 9.78 Å². The van der Waals surface area contributed by atoms with E-state index >= 15 is 0 Å². The van der Waals surface area contributed by atoms with Crippen molar-refractivity contribution in [3.8, 4) is 5.88 Å². The van der Waals surface area contributed by atoms with Gasteiger partial charge in [-0.2, -0.15) is 0 Å². The molecule has 1 saturated heterocycles. The van der Waals surface area contributed by atoms with Crippen LogP contribution < -0.4 is 10.1 Å². The minimum atomic E-state index is -0.832. The van der Waals surface area contributed by atoms with E-state index < -0.39 is 11.5 Å². The van der Waals surface area contributed by atoms with Crippen LogP contribution in [0.2, 0.25) is 0 Å². The van der Waals surface area contributed by atoms with Crippen LogP contribution in [0.1, 0.15) is 37.7 Å². The number of carbonyl (C=O) groups is 2. The van der Waals surface area contributed by atoms with E-state index in [0.717, 1.165) is 56.4 Å². The lowest BCUT2D eigenvalue weighted by molar-refractivity contribution is -0.122. The van der Waals surface area contributed by atoms with Crippen molar-refractivity contribution in [3.05, 3.63) is 17.8 Å². The number of carbonyl (C=O) groups excluding carboxylic acids is 1. The van der Waals surface area contributed by atoms with Crippen LogP contribution in [-0.4, -0.2) is 71.2 Å². The van der Waals surface area contributed by atoms with Gasteiger partial charge in [0.05, 0.1) is 24.4 Å². The van der Waals surface area contributed by atoms with Crippen LogP contribution >= 0.6 is 0 Å². The first-order chi connectivity index (χ1) is 13.0. The van der Waals surface area contributed by atoms with Crippen molar-refractivity contribution in [2.45, 2.75) is 43.6 Å². The van der Waals surface area contributed by atoms with Crippen molar-refractivity contribution in [2.24, 2.45) is 0 Å². The number of hydrogen-bond acceptors (Lipinski definition) is 5. The Bertz CT molecular complexity index is 745. The molecule has 2 aliphatic heterocycles. The van der Waals surface area contributed by atoms with E-state index in [1.54, 1.807) is 13.3 Å². The molecule has 27 heavy (non-hydrogen) atoms. The van der Waals surface area contributed by atoms with Crippen molar-refractivity contribution in [1.82, 2.24) is 14.8 Å². The molecule has 0 atom stereocenters. The Kier molecular flexibility index (Phi) is 4.67.